The van der Waals surface area contributed by atoms with Crippen LogP contribution in [0.2, 0.25) is 10.0 Å². The molecule has 1 aromatic carbocycles. The second-order valence-corrected chi connectivity index (χ2v) is 5.38. The van der Waals surface area contributed by atoms with Gasteiger partial charge in [0.15, 0.2) is 5.11 Å². The minimum atomic E-state index is 0.418. The second-order valence-electron chi connectivity index (χ2n) is 4.13. The van der Waals surface area contributed by atoms with E-state index in [0.717, 1.165) is 5.56 Å². The maximum absolute atomic E-state index is 6.13. The van der Waals surface area contributed by atoms with Crippen LogP contribution < -0.4 is 10.6 Å². The summed E-state index contributed by atoms with van der Waals surface area (Å²) in [5, 5.41) is 11.7. The molecule has 0 atom stereocenters. The van der Waals surface area contributed by atoms with Crippen LogP contribution in [0.5, 0.6) is 0 Å². The third-order valence-corrected chi connectivity index (χ3v) is 3.35. The van der Waals surface area contributed by atoms with Gasteiger partial charge in [0.2, 0.25) is 5.95 Å². The molecular weight excluding hydrogens is 329 g/mol. The van der Waals surface area contributed by atoms with E-state index >= 15 is 0 Å². The third-order valence-electron chi connectivity index (χ3n) is 2.52. The number of hydrogen-bond donors (Lipinski definition) is 2. The van der Waals surface area contributed by atoms with E-state index in [-0.39, 0.29) is 0 Å². The molecule has 0 fully saturated rings. The minimum Gasteiger partial charge on any atom is -0.359 e. The van der Waals surface area contributed by atoms with E-state index in [0.29, 0.717) is 34.2 Å². The molecule has 0 bridgehead atoms. The molecule has 2 N–H and O–H groups in total. The SMILES string of the molecule is C=CCNC(=S)Nc1ncn(Cc2ccc(Cl)cc2Cl)n1. The second kappa shape index (κ2) is 7.40. The molecule has 0 aliphatic rings. The van der Waals surface area contributed by atoms with Crippen LogP contribution in [-0.2, 0) is 6.54 Å². The fourth-order valence-corrected chi connectivity index (χ4v) is 2.21. The van der Waals surface area contributed by atoms with Crippen LogP contribution in [-0.4, -0.2) is 26.4 Å². The molecule has 0 saturated carbocycles. The van der Waals surface area contributed by atoms with Gasteiger partial charge in [0.05, 0.1) is 6.54 Å². The summed E-state index contributed by atoms with van der Waals surface area (Å²) in [6, 6.07) is 5.34. The van der Waals surface area contributed by atoms with Crippen molar-refractivity contribution in [3.8, 4) is 0 Å². The Bertz CT molecular complexity index is 656. The molecular formula is C13H13Cl2N5S. The monoisotopic (exact) mass is 341 g/mol. The highest BCUT2D eigenvalue weighted by atomic mass is 35.5. The number of nitrogens with one attached hydrogen (secondary N) is 2. The smallest absolute Gasteiger partial charge is 0.248 e. The Hall–Kier alpha value is -1.63. The van der Waals surface area contributed by atoms with Gasteiger partial charge < -0.3 is 5.32 Å². The molecule has 1 heterocycles. The Labute approximate surface area is 138 Å². The van der Waals surface area contributed by atoms with Crippen molar-refractivity contribution < 1.29 is 0 Å². The van der Waals surface area contributed by atoms with Gasteiger partial charge in [-0.3, -0.25) is 5.32 Å². The molecule has 2 rings (SSSR count). The molecule has 0 spiro atoms. The average Bonchev–Trinajstić information content (AvgIpc) is 2.87. The molecule has 0 radical (unpaired) electrons. The summed E-state index contributed by atoms with van der Waals surface area (Å²) in [7, 11) is 0. The predicted octanol–water partition coefficient (Wildman–Crippen LogP) is 3.11. The van der Waals surface area contributed by atoms with Crippen LogP contribution in [0.3, 0.4) is 0 Å². The summed E-state index contributed by atoms with van der Waals surface area (Å²) in [5.74, 6) is 0.418. The molecule has 110 valence electrons. The first kappa shape index (κ1) is 15.8. The lowest BCUT2D eigenvalue weighted by molar-refractivity contribution is 0.687. The Kier molecular flexibility index (Phi) is 5.55. The van der Waals surface area contributed by atoms with E-state index in [2.05, 4.69) is 27.3 Å². The van der Waals surface area contributed by atoms with Crippen LogP contribution in [0.4, 0.5) is 5.95 Å². The Morgan fingerprint density at radius 3 is 2.95 bits per heavy atom. The number of hydrogen-bond acceptors (Lipinski definition) is 3. The van der Waals surface area contributed by atoms with Crippen LogP contribution in [0.15, 0.2) is 37.2 Å². The average molecular weight is 342 g/mol. The first-order valence-electron chi connectivity index (χ1n) is 6.07. The maximum Gasteiger partial charge on any atom is 0.248 e. The van der Waals surface area contributed by atoms with Crippen LogP contribution >= 0.6 is 35.4 Å². The standard InChI is InChI=1S/C13H13Cl2N5S/c1-2-5-16-13(21)18-12-17-8-20(19-12)7-9-3-4-10(14)6-11(9)15/h2-4,6,8H,1,5,7H2,(H2,16,18,19,21). The highest BCUT2D eigenvalue weighted by Gasteiger charge is 2.06. The predicted molar refractivity (Wildman–Crippen MR) is 90.0 cm³/mol. The number of nitrogens with zero attached hydrogens (tertiary/aromatic N) is 3. The number of rotatable bonds is 5. The number of anilines is 1. The lowest BCUT2D eigenvalue weighted by Crippen LogP contribution is -2.28. The van der Waals surface area contributed by atoms with E-state index in [1.165, 1.54) is 0 Å². The van der Waals surface area contributed by atoms with Crippen LogP contribution in [0.25, 0.3) is 0 Å². The van der Waals surface area contributed by atoms with E-state index < -0.39 is 0 Å². The van der Waals surface area contributed by atoms with Gasteiger partial charge in [-0.1, -0.05) is 35.3 Å². The van der Waals surface area contributed by atoms with E-state index in [4.69, 9.17) is 35.4 Å². The normalized spacial score (nSPS) is 10.2. The minimum absolute atomic E-state index is 0.418. The molecule has 0 unspecified atom stereocenters. The summed E-state index contributed by atoms with van der Waals surface area (Å²) in [6.45, 7) is 4.67. The zero-order chi connectivity index (χ0) is 15.2. The van der Waals surface area contributed by atoms with Crippen molar-refractivity contribution in [1.29, 1.82) is 0 Å². The Morgan fingerprint density at radius 2 is 2.24 bits per heavy atom. The summed E-state index contributed by atoms with van der Waals surface area (Å²) < 4.78 is 1.66. The van der Waals surface area contributed by atoms with Crippen molar-refractivity contribution >= 4 is 46.5 Å². The van der Waals surface area contributed by atoms with Crippen LogP contribution in [0.1, 0.15) is 5.56 Å². The number of halogens is 2. The number of thiocarbonyl (C=S) groups is 1. The quantitative estimate of drug-likeness (QED) is 0.646. The van der Waals surface area contributed by atoms with Gasteiger partial charge >= 0.3 is 0 Å². The van der Waals surface area contributed by atoms with E-state index in [1.807, 2.05) is 6.07 Å². The van der Waals surface area contributed by atoms with Gasteiger partial charge in [0, 0.05) is 16.6 Å². The molecule has 0 saturated heterocycles. The molecule has 0 aliphatic heterocycles. The highest BCUT2D eigenvalue weighted by molar-refractivity contribution is 7.80. The zero-order valence-corrected chi connectivity index (χ0v) is 13.3. The van der Waals surface area contributed by atoms with Crippen LogP contribution in [0, 0.1) is 0 Å². The summed E-state index contributed by atoms with van der Waals surface area (Å²) in [4.78, 5) is 4.13. The lowest BCUT2D eigenvalue weighted by Gasteiger charge is -2.05. The van der Waals surface area contributed by atoms with Gasteiger partial charge in [-0.05, 0) is 29.9 Å². The van der Waals surface area contributed by atoms with Crippen molar-refractivity contribution in [2.24, 2.45) is 0 Å². The van der Waals surface area contributed by atoms with Crippen molar-refractivity contribution in [2.75, 3.05) is 11.9 Å². The first-order valence-corrected chi connectivity index (χ1v) is 7.24. The van der Waals surface area contributed by atoms with Gasteiger partial charge in [0.1, 0.15) is 6.33 Å². The molecule has 0 aliphatic carbocycles. The maximum atomic E-state index is 6.13. The topological polar surface area (TPSA) is 54.8 Å². The molecule has 2 aromatic rings. The summed E-state index contributed by atoms with van der Waals surface area (Å²) in [6.07, 6.45) is 3.31. The fourth-order valence-electron chi connectivity index (χ4n) is 1.56. The van der Waals surface area contributed by atoms with Gasteiger partial charge in [-0.2, -0.15) is 0 Å². The first-order chi connectivity index (χ1) is 10.1. The van der Waals surface area contributed by atoms with Crippen molar-refractivity contribution in [3.05, 3.63) is 52.8 Å². The van der Waals surface area contributed by atoms with Crippen molar-refractivity contribution in [3.63, 3.8) is 0 Å². The Morgan fingerprint density at radius 1 is 1.43 bits per heavy atom. The molecule has 1 aromatic heterocycles. The Balaban J connectivity index is 1.99. The van der Waals surface area contributed by atoms with Crippen molar-refractivity contribution in [1.82, 2.24) is 20.1 Å². The molecule has 5 nitrogen and oxygen atoms in total. The molecule has 8 heteroatoms. The number of aromatic nitrogens is 3. The third kappa shape index (κ3) is 4.70. The van der Waals surface area contributed by atoms with Crippen molar-refractivity contribution in [2.45, 2.75) is 6.54 Å². The summed E-state index contributed by atoms with van der Waals surface area (Å²) >= 11 is 17.1. The fraction of sp³-hybridized carbons (Fsp3) is 0.154. The molecule has 0 amide bonds. The lowest BCUT2D eigenvalue weighted by atomic mass is 10.2. The van der Waals surface area contributed by atoms with E-state index in [9.17, 15) is 0 Å². The van der Waals surface area contributed by atoms with Gasteiger partial charge in [-0.25, -0.2) is 9.67 Å². The zero-order valence-electron chi connectivity index (χ0n) is 11.0. The highest BCUT2D eigenvalue weighted by Crippen LogP contribution is 2.21. The number of benzene rings is 1. The largest absolute Gasteiger partial charge is 0.359 e. The molecule has 21 heavy (non-hydrogen) atoms. The summed E-state index contributed by atoms with van der Waals surface area (Å²) in [5.41, 5.74) is 0.907. The van der Waals surface area contributed by atoms with Gasteiger partial charge in [0.25, 0.3) is 0 Å². The van der Waals surface area contributed by atoms with E-state index in [1.54, 1.807) is 29.2 Å². The van der Waals surface area contributed by atoms with Gasteiger partial charge in [-0.15, -0.1) is 11.7 Å².